The third-order valence-corrected chi connectivity index (χ3v) is 3.90. The summed E-state index contributed by atoms with van der Waals surface area (Å²) in [7, 11) is 0. The molecule has 1 amide bonds. The highest BCUT2D eigenvalue weighted by Gasteiger charge is 2.30. The van der Waals surface area contributed by atoms with Crippen molar-refractivity contribution in [2.24, 2.45) is 11.5 Å². The quantitative estimate of drug-likeness (QED) is 0.519. The van der Waals surface area contributed by atoms with E-state index in [1.54, 1.807) is 6.08 Å². The molecule has 0 radical (unpaired) electrons. The van der Waals surface area contributed by atoms with Gasteiger partial charge in [0.25, 0.3) is 0 Å². The summed E-state index contributed by atoms with van der Waals surface area (Å²) < 4.78 is 5.51. The highest BCUT2D eigenvalue weighted by Crippen LogP contribution is 2.36. The molecule has 0 spiro atoms. The number of hydrogen-bond acceptors (Lipinski definition) is 6. The van der Waals surface area contributed by atoms with Crippen LogP contribution in [-0.2, 0) is 4.74 Å². The first-order chi connectivity index (χ1) is 11.8. The average Bonchev–Trinajstić information content (AvgIpc) is 3.14. The van der Waals surface area contributed by atoms with E-state index in [1.165, 1.54) is 12.4 Å². The minimum atomic E-state index is -0.364. The van der Waals surface area contributed by atoms with Gasteiger partial charge in [-0.15, -0.1) is 0 Å². The van der Waals surface area contributed by atoms with E-state index < -0.39 is 0 Å². The van der Waals surface area contributed by atoms with E-state index >= 15 is 0 Å². The number of hydrogen-bond donors (Lipinski definition) is 5. The number of H-pyrrole nitrogens is 1. The number of nitrogens with two attached hydrogens (primary N) is 2. The third kappa shape index (κ3) is 5.74. The van der Waals surface area contributed by atoms with E-state index in [2.05, 4.69) is 20.8 Å². The van der Waals surface area contributed by atoms with Crippen LogP contribution in [0.15, 0.2) is 30.2 Å². The summed E-state index contributed by atoms with van der Waals surface area (Å²) in [5, 5.41) is 13.2. The molecule has 8 nitrogen and oxygen atoms in total. The van der Waals surface area contributed by atoms with Gasteiger partial charge in [-0.2, -0.15) is 5.10 Å². The number of nitrogens with one attached hydrogen (secondary N) is 3. The number of carbonyl (C=O) groups is 1. The molecule has 0 aliphatic heterocycles. The second-order valence-corrected chi connectivity index (χ2v) is 7.23. The number of aromatic amines is 1. The lowest BCUT2D eigenvalue weighted by Gasteiger charge is -2.22. The van der Waals surface area contributed by atoms with Crippen molar-refractivity contribution in [3.63, 3.8) is 0 Å². The smallest absolute Gasteiger partial charge is 0.407 e. The van der Waals surface area contributed by atoms with E-state index in [1.807, 2.05) is 26.8 Å². The zero-order valence-corrected chi connectivity index (χ0v) is 15.0. The van der Waals surface area contributed by atoms with Crippen LogP contribution in [0, 0.1) is 0 Å². The molecule has 0 saturated heterocycles. The zero-order valence-electron chi connectivity index (χ0n) is 15.0. The molecule has 1 aliphatic carbocycles. The zero-order chi connectivity index (χ0) is 18.4. The van der Waals surface area contributed by atoms with Gasteiger partial charge in [-0.1, -0.05) is 0 Å². The largest absolute Gasteiger partial charge is 0.446 e. The molecule has 1 saturated carbocycles. The van der Waals surface area contributed by atoms with Crippen molar-refractivity contribution in [1.82, 2.24) is 15.5 Å². The fourth-order valence-electron chi connectivity index (χ4n) is 2.82. The molecular weight excluding hydrogens is 320 g/mol. The van der Waals surface area contributed by atoms with Crippen LogP contribution >= 0.6 is 0 Å². The molecule has 1 aromatic rings. The number of amides is 1. The van der Waals surface area contributed by atoms with E-state index in [4.69, 9.17) is 16.2 Å². The third-order valence-electron chi connectivity index (χ3n) is 3.90. The number of rotatable bonds is 5. The van der Waals surface area contributed by atoms with Gasteiger partial charge in [0.1, 0.15) is 6.10 Å². The summed E-state index contributed by atoms with van der Waals surface area (Å²) in [5.74, 6) is 0.950. The summed E-state index contributed by atoms with van der Waals surface area (Å²) in [4.78, 5) is 11.9. The maximum atomic E-state index is 11.9. The lowest BCUT2D eigenvalue weighted by Crippen LogP contribution is -2.42. The van der Waals surface area contributed by atoms with Crippen molar-refractivity contribution in [3.8, 4) is 0 Å². The molecule has 8 heteroatoms. The van der Waals surface area contributed by atoms with Gasteiger partial charge in [0.15, 0.2) is 5.82 Å². The van der Waals surface area contributed by atoms with Gasteiger partial charge >= 0.3 is 6.09 Å². The van der Waals surface area contributed by atoms with Crippen LogP contribution in [0.4, 0.5) is 10.6 Å². The van der Waals surface area contributed by atoms with Gasteiger partial charge in [0, 0.05) is 29.4 Å². The number of carbonyl (C=O) groups excluding carboxylic acids is 1. The second-order valence-electron chi connectivity index (χ2n) is 7.23. The Hall–Kier alpha value is -2.64. The molecule has 25 heavy (non-hydrogen) atoms. The number of alkyl carbamates (subject to hydrolysis) is 1. The number of allylic oxidation sites excluding steroid dienone is 1. The topological polar surface area (TPSA) is 131 Å². The summed E-state index contributed by atoms with van der Waals surface area (Å²) in [5.41, 5.74) is 12.3. The van der Waals surface area contributed by atoms with Crippen molar-refractivity contribution in [2.75, 3.05) is 5.32 Å². The van der Waals surface area contributed by atoms with Gasteiger partial charge < -0.3 is 26.8 Å². The van der Waals surface area contributed by atoms with Crippen LogP contribution in [0.1, 0.15) is 51.6 Å². The Kier molecular flexibility index (Phi) is 5.95. The monoisotopic (exact) mass is 348 g/mol. The van der Waals surface area contributed by atoms with E-state index in [0.717, 1.165) is 25.0 Å². The Bertz CT molecular complexity index is 644. The molecule has 7 N–H and O–H groups in total. The number of anilines is 1. The van der Waals surface area contributed by atoms with Gasteiger partial charge in [0.05, 0.1) is 5.70 Å². The summed E-state index contributed by atoms with van der Waals surface area (Å²) in [6.07, 6.45) is 6.60. The summed E-state index contributed by atoms with van der Waals surface area (Å²) in [6.45, 7) is 5.78. The summed E-state index contributed by atoms with van der Waals surface area (Å²) >= 11 is 0. The SMILES string of the molecule is CC(C)(C)NC(=O)OC1CCC(c2cc(NC(/C=C\N)=C/N)n[nH]2)C1. The first kappa shape index (κ1) is 18.7. The van der Waals surface area contributed by atoms with E-state index in [9.17, 15) is 4.79 Å². The Balaban J connectivity index is 1.89. The Labute approximate surface area is 148 Å². The highest BCUT2D eigenvalue weighted by molar-refractivity contribution is 5.68. The molecule has 0 aromatic carbocycles. The van der Waals surface area contributed by atoms with Crippen molar-refractivity contribution in [3.05, 3.63) is 35.9 Å². The molecule has 2 unspecified atom stereocenters. The first-order valence-electron chi connectivity index (χ1n) is 8.42. The van der Waals surface area contributed by atoms with Crippen LogP contribution < -0.4 is 22.1 Å². The molecule has 2 rings (SSSR count). The fraction of sp³-hybridized carbons (Fsp3) is 0.529. The van der Waals surface area contributed by atoms with Gasteiger partial charge in [0.2, 0.25) is 0 Å². The number of ether oxygens (including phenoxy) is 1. The predicted octanol–water partition coefficient (Wildman–Crippen LogP) is 2.25. The van der Waals surface area contributed by atoms with Crippen LogP contribution in [0.25, 0.3) is 0 Å². The van der Waals surface area contributed by atoms with Crippen LogP contribution in [0.2, 0.25) is 0 Å². The normalized spacial score (nSPS) is 21.5. The van der Waals surface area contributed by atoms with Crippen molar-refractivity contribution >= 4 is 11.9 Å². The van der Waals surface area contributed by atoms with Crippen LogP contribution in [0.5, 0.6) is 0 Å². The predicted molar refractivity (Wildman–Crippen MR) is 97.6 cm³/mol. The fourth-order valence-corrected chi connectivity index (χ4v) is 2.82. The molecule has 1 aliphatic rings. The number of aromatic nitrogens is 2. The van der Waals surface area contributed by atoms with E-state index in [-0.39, 0.29) is 23.7 Å². The lowest BCUT2D eigenvalue weighted by molar-refractivity contribution is 0.0937. The average molecular weight is 348 g/mol. The van der Waals surface area contributed by atoms with Crippen LogP contribution in [0.3, 0.4) is 0 Å². The van der Waals surface area contributed by atoms with Crippen molar-refractivity contribution in [2.45, 2.75) is 57.6 Å². The molecule has 1 aromatic heterocycles. The van der Waals surface area contributed by atoms with E-state index in [0.29, 0.717) is 11.5 Å². The molecule has 1 heterocycles. The minimum absolute atomic E-state index is 0.0771. The molecule has 138 valence electrons. The Morgan fingerprint density at radius 1 is 1.40 bits per heavy atom. The van der Waals surface area contributed by atoms with Crippen molar-refractivity contribution < 1.29 is 9.53 Å². The van der Waals surface area contributed by atoms with Crippen molar-refractivity contribution in [1.29, 1.82) is 0 Å². The molecular formula is C17H28N6O2. The maximum absolute atomic E-state index is 11.9. The summed E-state index contributed by atoms with van der Waals surface area (Å²) in [6, 6.07) is 1.94. The minimum Gasteiger partial charge on any atom is -0.446 e. The van der Waals surface area contributed by atoms with Gasteiger partial charge in [-0.05, 0) is 52.3 Å². The van der Waals surface area contributed by atoms with Crippen LogP contribution in [-0.4, -0.2) is 27.9 Å². The maximum Gasteiger partial charge on any atom is 0.407 e. The molecule has 1 fully saturated rings. The second kappa shape index (κ2) is 7.96. The van der Waals surface area contributed by atoms with Gasteiger partial charge in [-0.25, -0.2) is 4.79 Å². The first-order valence-corrected chi connectivity index (χ1v) is 8.42. The Morgan fingerprint density at radius 2 is 2.16 bits per heavy atom. The lowest BCUT2D eigenvalue weighted by atomic mass is 10.0. The standard InChI is InChI=1S/C17H28N6O2/c1-17(2,3)21-16(24)25-13-5-4-11(8-13)14-9-15(23-22-14)20-12(10-19)6-7-18/h6-7,9-11,13H,4-5,8,18-19H2,1-3H3,(H,21,24)(H2,20,22,23)/b7-6-,12-10+. The Morgan fingerprint density at radius 3 is 2.80 bits per heavy atom. The van der Waals surface area contributed by atoms with Gasteiger partial charge in [-0.3, -0.25) is 5.10 Å². The molecule has 0 bridgehead atoms. The highest BCUT2D eigenvalue weighted by atomic mass is 16.6. The molecule has 2 atom stereocenters. The number of nitrogens with zero attached hydrogens (tertiary/aromatic N) is 1.